The molecule has 3 aliphatic carbocycles. The summed E-state index contributed by atoms with van der Waals surface area (Å²) in [6.45, 7) is 2.12. The van der Waals surface area contributed by atoms with E-state index < -0.39 is 0 Å². The summed E-state index contributed by atoms with van der Waals surface area (Å²) in [5.74, 6) is 0.833. The smallest absolute Gasteiger partial charge is 0.136 e. The number of Topliss-reactive ketones (excluding diaryl/α,β-unsaturated/α-hetero) is 1. The van der Waals surface area contributed by atoms with Crippen molar-refractivity contribution in [2.24, 2.45) is 17.3 Å². The average molecular weight is 234 g/mol. The van der Waals surface area contributed by atoms with Gasteiger partial charge in [-0.1, -0.05) is 18.1 Å². The fourth-order valence-corrected chi connectivity index (χ4v) is 4.54. The Labute approximate surface area is 103 Å². The lowest BCUT2D eigenvalue weighted by atomic mass is 9.59. The van der Waals surface area contributed by atoms with Crippen LogP contribution in [-0.2, 0) is 4.79 Å². The summed E-state index contributed by atoms with van der Waals surface area (Å²) >= 11 is 0. The third-order valence-corrected chi connectivity index (χ3v) is 5.40. The molecule has 2 bridgehead atoms. The van der Waals surface area contributed by atoms with E-state index in [-0.39, 0.29) is 23.4 Å². The van der Waals surface area contributed by atoms with Crippen molar-refractivity contribution in [3.63, 3.8) is 0 Å². The van der Waals surface area contributed by atoms with Crippen LogP contribution in [0.3, 0.4) is 0 Å². The van der Waals surface area contributed by atoms with Crippen molar-refractivity contribution in [2.75, 3.05) is 0 Å². The summed E-state index contributed by atoms with van der Waals surface area (Å²) in [6, 6.07) is 0. The summed E-state index contributed by atoms with van der Waals surface area (Å²) in [6.07, 6.45) is 9.07. The Kier molecular flexibility index (Phi) is 2.66. The number of ketones is 1. The van der Waals surface area contributed by atoms with Gasteiger partial charge in [-0.15, -0.1) is 0 Å². The van der Waals surface area contributed by atoms with Crippen LogP contribution in [0.1, 0.15) is 51.9 Å². The van der Waals surface area contributed by atoms with Crippen molar-refractivity contribution < 1.29 is 9.90 Å². The number of aliphatic hydroxyl groups is 1. The molecule has 0 radical (unpaired) electrons. The maximum Gasteiger partial charge on any atom is 0.136 e. The number of hydrogen-bond acceptors (Lipinski definition) is 2. The van der Waals surface area contributed by atoms with Gasteiger partial charge in [0.2, 0.25) is 0 Å². The zero-order chi connectivity index (χ0) is 12.0. The monoisotopic (exact) mass is 234 g/mol. The molecule has 0 aliphatic heterocycles. The first-order valence-electron chi connectivity index (χ1n) is 6.99. The summed E-state index contributed by atoms with van der Waals surface area (Å²) in [4.78, 5) is 12.2. The molecule has 3 unspecified atom stereocenters. The Morgan fingerprint density at radius 1 is 1.41 bits per heavy atom. The lowest BCUT2D eigenvalue weighted by molar-refractivity contribution is -0.129. The molecule has 3 rings (SSSR count). The molecule has 0 heterocycles. The lowest BCUT2D eigenvalue weighted by Gasteiger charge is -2.46. The zero-order valence-corrected chi connectivity index (χ0v) is 10.6. The molecule has 0 amide bonds. The van der Waals surface area contributed by atoms with E-state index in [2.05, 4.69) is 13.0 Å². The molecule has 0 aromatic carbocycles. The highest BCUT2D eigenvalue weighted by Crippen LogP contribution is 2.57. The van der Waals surface area contributed by atoms with Gasteiger partial charge in [0.25, 0.3) is 0 Å². The van der Waals surface area contributed by atoms with Crippen LogP contribution >= 0.6 is 0 Å². The molecule has 4 atom stereocenters. The topological polar surface area (TPSA) is 37.3 Å². The predicted molar refractivity (Wildman–Crippen MR) is 66.5 cm³/mol. The molecule has 94 valence electrons. The Hall–Kier alpha value is -0.630. The molecule has 17 heavy (non-hydrogen) atoms. The van der Waals surface area contributed by atoms with E-state index >= 15 is 0 Å². The molecule has 3 aliphatic rings. The fraction of sp³-hybridized carbons (Fsp3) is 0.800. The first kappa shape index (κ1) is 11.5. The minimum absolute atomic E-state index is 0.163. The fourth-order valence-electron chi connectivity index (χ4n) is 4.54. The third kappa shape index (κ3) is 1.69. The number of carbonyl (C=O) groups is 1. The number of carbonyl (C=O) groups excluding carboxylic acids is 1. The largest absolute Gasteiger partial charge is 0.392 e. The first-order valence-corrected chi connectivity index (χ1v) is 6.99. The second kappa shape index (κ2) is 3.94. The van der Waals surface area contributed by atoms with Crippen LogP contribution in [0.15, 0.2) is 11.6 Å². The van der Waals surface area contributed by atoms with Gasteiger partial charge in [-0.05, 0) is 50.4 Å². The molecule has 2 saturated carbocycles. The van der Waals surface area contributed by atoms with Gasteiger partial charge < -0.3 is 5.11 Å². The highest BCUT2D eigenvalue weighted by molar-refractivity contribution is 5.85. The van der Waals surface area contributed by atoms with Gasteiger partial charge in [0, 0.05) is 12.3 Å². The van der Waals surface area contributed by atoms with Crippen molar-refractivity contribution in [3.8, 4) is 0 Å². The van der Waals surface area contributed by atoms with Gasteiger partial charge in [-0.2, -0.15) is 0 Å². The average Bonchev–Trinajstić information content (AvgIpc) is 2.64. The van der Waals surface area contributed by atoms with E-state index in [4.69, 9.17) is 0 Å². The number of allylic oxidation sites excluding steroid dienone is 1. The van der Waals surface area contributed by atoms with Crippen LogP contribution < -0.4 is 0 Å². The van der Waals surface area contributed by atoms with Gasteiger partial charge in [0.15, 0.2) is 0 Å². The van der Waals surface area contributed by atoms with Gasteiger partial charge in [-0.3, -0.25) is 4.79 Å². The SMILES string of the molecule is C/C1=C/CC23CCCC(C2C(=O)CC3)[C@@H](O)C1. The van der Waals surface area contributed by atoms with Gasteiger partial charge in [0.05, 0.1) is 6.10 Å². The molecular weight excluding hydrogens is 212 g/mol. The van der Waals surface area contributed by atoms with Crippen LogP contribution in [0.5, 0.6) is 0 Å². The van der Waals surface area contributed by atoms with E-state index in [1.165, 1.54) is 18.4 Å². The summed E-state index contributed by atoms with van der Waals surface area (Å²) in [5.41, 5.74) is 1.52. The molecule has 1 N–H and O–H groups in total. The highest BCUT2D eigenvalue weighted by atomic mass is 16.3. The molecule has 0 spiro atoms. The molecule has 0 aromatic heterocycles. The molecule has 2 heteroatoms. The quantitative estimate of drug-likeness (QED) is 0.654. The number of hydrogen-bond donors (Lipinski definition) is 1. The minimum atomic E-state index is -0.293. The number of aliphatic hydroxyl groups excluding tert-OH is 1. The highest BCUT2D eigenvalue weighted by Gasteiger charge is 2.54. The summed E-state index contributed by atoms with van der Waals surface area (Å²) in [7, 11) is 0. The maximum atomic E-state index is 12.2. The Morgan fingerprint density at radius 3 is 3.06 bits per heavy atom. The molecule has 0 saturated heterocycles. The third-order valence-electron chi connectivity index (χ3n) is 5.40. The van der Waals surface area contributed by atoms with Crippen molar-refractivity contribution in [1.29, 1.82) is 0 Å². The van der Waals surface area contributed by atoms with E-state index in [1.807, 2.05) is 0 Å². The minimum Gasteiger partial charge on any atom is -0.392 e. The Morgan fingerprint density at radius 2 is 2.24 bits per heavy atom. The van der Waals surface area contributed by atoms with E-state index in [0.29, 0.717) is 5.78 Å². The normalized spacial score (nSPS) is 48.9. The van der Waals surface area contributed by atoms with E-state index in [9.17, 15) is 9.90 Å². The van der Waals surface area contributed by atoms with Crippen molar-refractivity contribution in [1.82, 2.24) is 0 Å². The zero-order valence-electron chi connectivity index (χ0n) is 10.6. The standard InChI is InChI=1S/C15H22O2/c1-10-4-7-15-6-2-3-11(13(17)9-10)14(15)12(16)5-8-15/h4,11,13-14,17H,2-3,5-9H2,1H3/b10-4-/t11?,13-,14?,15?/m0/s1. The maximum absolute atomic E-state index is 12.2. The molecule has 2 nitrogen and oxygen atoms in total. The molecule has 0 aromatic rings. The van der Waals surface area contributed by atoms with E-state index in [0.717, 1.165) is 32.1 Å². The second-order valence-electron chi connectivity index (χ2n) is 6.39. The van der Waals surface area contributed by atoms with Crippen LogP contribution in [0, 0.1) is 17.3 Å². The Balaban J connectivity index is 2.03. The van der Waals surface area contributed by atoms with Gasteiger partial charge in [0.1, 0.15) is 5.78 Å². The molecule has 2 fully saturated rings. The van der Waals surface area contributed by atoms with Crippen LogP contribution in [-0.4, -0.2) is 17.0 Å². The second-order valence-corrected chi connectivity index (χ2v) is 6.39. The van der Waals surface area contributed by atoms with Crippen molar-refractivity contribution >= 4 is 5.78 Å². The van der Waals surface area contributed by atoms with Gasteiger partial charge in [-0.25, -0.2) is 0 Å². The van der Waals surface area contributed by atoms with Crippen LogP contribution in [0.25, 0.3) is 0 Å². The summed E-state index contributed by atoms with van der Waals surface area (Å²) < 4.78 is 0. The van der Waals surface area contributed by atoms with Crippen molar-refractivity contribution in [3.05, 3.63) is 11.6 Å². The lowest BCUT2D eigenvalue weighted by Crippen LogP contribution is -2.44. The van der Waals surface area contributed by atoms with Crippen LogP contribution in [0.4, 0.5) is 0 Å². The number of rotatable bonds is 0. The Bertz CT molecular complexity index is 371. The molecular formula is C15H22O2. The van der Waals surface area contributed by atoms with E-state index in [1.54, 1.807) is 0 Å². The van der Waals surface area contributed by atoms with Gasteiger partial charge >= 0.3 is 0 Å². The van der Waals surface area contributed by atoms with Crippen LogP contribution in [0.2, 0.25) is 0 Å². The predicted octanol–water partition coefficient (Wildman–Crippen LogP) is 2.85. The van der Waals surface area contributed by atoms with Crippen molar-refractivity contribution in [2.45, 2.75) is 58.0 Å². The summed E-state index contributed by atoms with van der Waals surface area (Å²) in [5, 5.41) is 10.4. The first-order chi connectivity index (χ1) is 8.12.